The molecule has 0 aliphatic carbocycles. The van der Waals surface area contributed by atoms with Gasteiger partial charge in [-0.15, -0.1) is 12.4 Å². The van der Waals surface area contributed by atoms with E-state index in [0.29, 0.717) is 5.89 Å². The summed E-state index contributed by atoms with van der Waals surface area (Å²) in [6, 6.07) is 6.40. The molecule has 6 heteroatoms. The van der Waals surface area contributed by atoms with E-state index in [1.165, 1.54) is 12.1 Å². The summed E-state index contributed by atoms with van der Waals surface area (Å²) in [7, 11) is 0. The van der Waals surface area contributed by atoms with Crippen molar-refractivity contribution in [1.82, 2.24) is 9.88 Å². The molecule has 0 amide bonds. The van der Waals surface area contributed by atoms with E-state index < -0.39 is 0 Å². The van der Waals surface area contributed by atoms with Crippen LogP contribution in [0.15, 0.2) is 34.9 Å². The zero-order valence-electron chi connectivity index (χ0n) is 11.0. The summed E-state index contributed by atoms with van der Waals surface area (Å²) in [5.41, 5.74) is 7.53. The van der Waals surface area contributed by atoms with Gasteiger partial charge < -0.3 is 10.2 Å². The van der Waals surface area contributed by atoms with Crippen LogP contribution in [-0.4, -0.2) is 29.0 Å². The smallest absolute Gasteiger partial charge is 0.226 e. The summed E-state index contributed by atoms with van der Waals surface area (Å²) < 4.78 is 18.3. The Balaban J connectivity index is 0.00000147. The van der Waals surface area contributed by atoms with Gasteiger partial charge in [0.25, 0.3) is 0 Å². The van der Waals surface area contributed by atoms with E-state index in [4.69, 9.17) is 10.2 Å². The molecule has 1 aliphatic heterocycles. The van der Waals surface area contributed by atoms with Gasteiger partial charge in [-0.05, 0) is 30.7 Å². The largest absolute Gasteiger partial charge is 0.444 e. The first-order valence-corrected chi connectivity index (χ1v) is 6.39. The Morgan fingerprint density at radius 1 is 1.35 bits per heavy atom. The predicted octanol–water partition coefficient (Wildman–Crippen LogP) is 2.44. The van der Waals surface area contributed by atoms with Crippen molar-refractivity contribution in [3.63, 3.8) is 0 Å². The molecule has 1 aromatic heterocycles. The van der Waals surface area contributed by atoms with Crippen molar-refractivity contribution >= 4 is 12.4 Å². The summed E-state index contributed by atoms with van der Waals surface area (Å²) in [6.45, 7) is 2.65. The molecule has 0 saturated carbocycles. The number of likely N-dealkylation sites (tertiary alicyclic amines) is 1. The highest BCUT2D eigenvalue weighted by Crippen LogP contribution is 2.20. The van der Waals surface area contributed by atoms with Crippen molar-refractivity contribution < 1.29 is 8.81 Å². The molecule has 0 spiro atoms. The van der Waals surface area contributed by atoms with Crippen LogP contribution in [0.2, 0.25) is 0 Å². The molecule has 2 heterocycles. The molecule has 2 aromatic rings. The lowest BCUT2D eigenvalue weighted by Gasteiger charge is -2.12. The monoisotopic (exact) mass is 297 g/mol. The van der Waals surface area contributed by atoms with Crippen LogP contribution in [0, 0.1) is 5.82 Å². The SMILES string of the molecule is Cl.NC1CCN(Cc2coc(-c3ccc(F)cc3)n2)C1. The minimum absolute atomic E-state index is 0. The number of hydrogen-bond donors (Lipinski definition) is 1. The van der Waals surface area contributed by atoms with Crippen molar-refractivity contribution in [3.05, 3.63) is 42.0 Å². The van der Waals surface area contributed by atoms with Crippen LogP contribution in [0.5, 0.6) is 0 Å². The van der Waals surface area contributed by atoms with Gasteiger partial charge in [-0.1, -0.05) is 0 Å². The molecule has 1 unspecified atom stereocenters. The maximum absolute atomic E-state index is 12.8. The molecule has 1 aliphatic rings. The van der Waals surface area contributed by atoms with Crippen LogP contribution < -0.4 is 5.73 Å². The molecule has 4 nitrogen and oxygen atoms in total. The topological polar surface area (TPSA) is 55.3 Å². The first-order valence-electron chi connectivity index (χ1n) is 6.39. The van der Waals surface area contributed by atoms with Crippen LogP contribution in [0.25, 0.3) is 11.5 Å². The van der Waals surface area contributed by atoms with Crippen molar-refractivity contribution in [2.45, 2.75) is 19.0 Å². The zero-order chi connectivity index (χ0) is 13.2. The minimum Gasteiger partial charge on any atom is -0.444 e. The Morgan fingerprint density at radius 3 is 2.75 bits per heavy atom. The number of nitrogens with zero attached hydrogens (tertiary/aromatic N) is 2. The van der Waals surface area contributed by atoms with Crippen molar-refractivity contribution in [3.8, 4) is 11.5 Å². The molecule has 20 heavy (non-hydrogen) atoms. The average Bonchev–Trinajstić information content (AvgIpc) is 3.00. The maximum atomic E-state index is 12.8. The number of rotatable bonds is 3. The van der Waals surface area contributed by atoms with Crippen LogP contribution in [-0.2, 0) is 6.54 Å². The molecule has 1 atom stereocenters. The second-order valence-electron chi connectivity index (χ2n) is 4.93. The summed E-state index contributed by atoms with van der Waals surface area (Å²) >= 11 is 0. The summed E-state index contributed by atoms with van der Waals surface area (Å²) in [5, 5.41) is 0. The molecule has 0 radical (unpaired) electrons. The number of benzene rings is 1. The lowest BCUT2D eigenvalue weighted by Crippen LogP contribution is -2.26. The van der Waals surface area contributed by atoms with Gasteiger partial charge >= 0.3 is 0 Å². The van der Waals surface area contributed by atoms with Gasteiger partial charge in [-0.2, -0.15) is 0 Å². The summed E-state index contributed by atoms with van der Waals surface area (Å²) in [4.78, 5) is 6.69. The highest BCUT2D eigenvalue weighted by Gasteiger charge is 2.20. The van der Waals surface area contributed by atoms with Crippen LogP contribution >= 0.6 is 12.4 Å². The molecule has 108 valence electrons. The fraction of sp³-hybridized carbons (Fsp3) is 0.357. The Labute approximate surface area is 123 Å². The molecule has 1 aromatic carbocycles. The fourth-order valence-corrected chi connectivity index (χ4v) is 2.34. The van der Waals surface area contributed by atoms with Gasteiger partial charge in [0.1, 0.15) is 12.1 Å². The lowest BCUT2D eigenvalue weighted by molar-refractivity contribution is 0.322. The second-order valence-corrected chi connectivity index (χ2v) is 4.93. The van der Waals surface area contributed by atoms with Crippen LogP contribution in [0.3, 0.4) is 0 Å². The third kappa shape index (κ3) is 3.36. The van der Waals surface area contributed by atoms with E-state index in [2.05, 4.69) is 9.88 Å². The highest BCUT2D eigenvalue weighted by molar-refractivity contribution is 5.85. The molecular weight excluding hydrogens is 281 g/mol. The van der Waals surface area contributed by atoms with Gasteiger partial charge in [0.05, 0.1) is 5.69 Å². The summed E-state index contributed by atoms with van der Waals surface area (Å²) in [5.74, 6) is 0.264. The number of aromatic nitrogens is 1. The number of oxazole rings is 1. The van der Waals surface area contributed by atoms with Crippen molar-refractivity contribution in [1.29, 1.82) is 0 Å². The minimum atomic E-state index is -0.262. The molecule has 1 fully saturated rings. The Morgan fingerprint density at radius 2 is 2.10 bits per heavy atom. The normalized spacial score (nSPS) is 19.0. The quantitative estimate of drug-likeness (QED) is 0.945. The van der Waals surface area contributed by atoms with Gasteiger partial charge in [0.15, 0.2) is 0 Å². The highest BCUT2D eigenvalue weighted by atomic mass is 35.5. The molecule has 0 bridgehead atoms. The average molecular weight is 298 g/mol. The molecular formula is C14H17ClFN3O. The lowest BCUT2D eigenvalue weighted by atomic mass is 10.2. The number of hydrogen-bond acceptors (Lipinski definition) is 4. The predicted molar refractivity (Wildman–Crippen MR) is 77.0 cm³/mol. The van der Waals surface area contributed by atoms with Crippen LogP contribution in [0.4, 0.5) is 4.39 Å². The third-order valence-electron chi connectivity index (χ3n) is 3.34. The fourth-order valence-electron chi connectivity index (χ4n) is 2.34. The second kappa shape index (κ2) is 6.35. The van der Waals surface area contributed by atoms with Crippen molar-refractivity contribution in [2.75, 3.05) is 13.1 Å². The zero-order valence-corrected chi connectivity index (χ0v) is 11.8. The molecule has 3 rings (SSSR count). The Hall–Kier alpha value is -1.43. The third-order valence-corrected chi connectivity index (χ3v) is 3.34. The van der Waals surface area contributed by atoms with E-state index in [-0.39, 0.29) is 24.3 Å². The summed E-state index contributed by atoms with van der Waals surface area (Å²) in [6.07, 6.45) is 2.69. The number of nitrogens with two attached hydrogens (primary N) is 1. The van der Waals surface area contributed by atoms with Gasteiger partial charge in [-0.3, -0.25) is 4.90 Å². The van der Waals surface area contributed by atoms with Gasteiger partial charge in [-0.25, -0.2) is 9.37 Å². The first-order chi connectivity index (χ1) is 9.20. The first kappa shape index (κ1) is 15.0. The van der Waals surface area contributed by atoms with Gasteiger partial charge in [0.2, 0.25) is 5.89 Å². The molecule has 2 N–H and O–H groups in total. The van der Waals surface area contributed by atoms with E-state index >= 15 is 0 Å². The van der Waals surface area contributed by atoms with E-state index in [1.54, 1.807) is 18.4 Å². The molecule has 1 saturated heterocycles. The van der Waals surface area contributed by atoms with E-state index in [0.717, 1.165) is 37.3 Å². The maximum Gasteiger partial charge on any atom is 0.226 e. The Bertz CT molecular complexity index is 558. The van der Waals surface area contributed by atoms with E-state index in [1.807, 2.05) is 0 Å². The standard InChI is InChI=1S/C14H16FN3O.ClH/c15-11-3-1-10(2-4-11)14-17-13(9-19-14)8-18-6-5-12(16)7-18;/h1-4,9,12H,5-8,16H2;1H. The van der Waals surface area contributed by atoms with Gasteiger partial charge in [0, 0.05) is 31.2 Å². The number of halogens is 2. The van der Waals surface area contributed by atoms with E-state index in [9.17, 15) is 4.39 Å². The van der Waals surface area contributed by atoms with Crippen LogP contribution in [0.1, 0.15) is 12.1 Å². The van der Waals surface area contributed by atoms with Crippen molar-refractivity contribution in [2.24, 2.45) is 5.73 Å². The Kier molecular flexibility index (Phi) is 4.75.